The Morgan fingerprint density at radius 3 is 2.09 bits per heavy atom. The van der Waals surface area contributed by atoms with Gasteiger partial charge in [-0.3, -0.25) is 9.59 Å². The van der Waals surface area contributed by atoms with E-state index in [-0.39, 0.29) is 25.4 Å². The molecule has 1 fully saturated rings. The van der Waals surface area contributed by atoms with E-state index in [0.29, 0.717) is 0 Å². The molecule has 1 saturated carbocycles. The molecule has 0 aliphatic heterocycles. The number of halogens is 2. The number of alkyl carbamates (subject to hydrolysis) is 1. The van der Waals surface area contributed by atoms with Crippen LogP contribution >= 0.6 is 0 Å². The minimum absolute atomic E-state index is 0.0518. The molecular formula is C23H22F2N2O5. The van der Waals surface area contributed by atoms with Gasteiger partial charge in [0.2, 0.25) is 5.91 Å². The van der Waals surface area contributed by atoms with E-state index in [0.717, 1.165) is 22.3 Å². The van der Waals surface area contributed by atoms with E-state index in [4.69, 9.17) is 9.84 Å². The lowest BCUT2D eigenvalue weighted by Gasteiger charge is -2.22. The second-order valence-electron chi connectivity index (χ2n) is 8.04. The first-order chi connectivity index (χ1) is 15.3. The highest BCUT2D eigenvalue weighted by Crippen LogP contribution is 2.44. The van der Waals surface area contributed by atoms with E-state index in [1.807, 2.05) is 53.8 Å². The van der Waals surface area contributed by atoms with Crippen molar-refractivity contribution < 1.29 is 33.0 Å². The van der Waals surface area contributed by atoms with Crippen LogP contribution in [-0.2, 0) is 14.3 Å². The maximum atomic E-state index is 13.0. The molecular weight excluding hydrogens is 422 g/mol. The predicted octanol–water partition coefficient (Wildman–Crippen LogP) is 3.28. The number of amides is 2. The van der Waals surface area contributed by atoms with Crippen molar-refractivity contribution in [2.24, 2.45) is 0 Å². The SMILES string of the molecule is O=C(O)CC(NC(=O)C1(NC(=O)OCC2c3ccccc3-c3ccccc32)CC1)C(F)F. The summed E-state index contributed by atoms with van der Waals surface area (Å²) in [5.74, 6) is -2.45. The lowest BCUT2D eigenvalue weighted by molar-refractivity contribution is -0.139. The molecule has 0 heterocycles. The lowest BCUT2D eigenvalue weighted by Crippen LogP contribution is -2.53. The van der Waals surface area contributed by atoms with Crippen LogP contribution in [-0.4, -0.2) is 47.7 Å². The third-order valence-corrected chi connectivity index (χ3v) is 5.88. The Bertz CT molecular complexity index is 1010. The highest BCUT2D eigenvalue weighted by molar-refractivity contribution is 5.93. The number of rotatable bonds is 8. The fourth-order valence-corrected chi connectivity index (χ4v) is 4.06. The van der Waals surface area contributed by atoms with Crippen LogP contribution in [0.2, 0.25) is 0 Å². The van der Waals surface area contributed by atoms with Crippen LogP contribution < -0.4 is 10.6 Å². The lowest BCUT2D eigenvalue weighted by atomic mass is 9.98. The number of carboxylic acid groups (broad SMARTS) is 1. The van der Waals surface area contributed by atoms with Crippen molar-refractivity contribution in [2.45, 2.75) is 43.2 Å². The maximum absolute atomic E-state index is 13.0. The number of carbonyl (C=O) groups excluding carboxylic acids is 2. The van der Waals surface area contributed by atoms with Crippen LogP contribution in [0.15, 0.2) is 48.5 Å². The summed E-state index contributed by atoms with van der Waals surface area (Å²) in [6, 6.07) is 13.9. The Hall–Kier alpha value is -3.49. The first-order valence-electron chi connectivity index (χ1n) is 10.2. The molecule has 0 saturated heterocycles. The van der Waals surface area contributed by atoms with Gasteiger partial charge < -0.3 is 20.5 Å². The molecule has 2 amide bonds. The molecule has 168 valence electrons. The molecule has 0 aromatic heterocycles. The van der Waals surface area contributed by atoms with Crippen molar-refractivity contribution in [1.82, 2.24) is 10.6 Å². The van der Waals surface area contributed by atoms with Gasteiger partial charge in [0.25, 0.3) is 6.43 Å². The summed E-state index contributed by atoms with van der Waals surface area (Å²) >= 11 is 0. The number of fused-ring (bicyclic) bond motifs is 3. The molecule has 3 N–H and O–H groups in total. The summed E-state index contributed by atoms with van der Waals surface area (Å²) in [5, 5.41) is 13.3. The van der Waals surface area contributed by atoms with E-state index in [2.05, 4.69) is 5.32 Å². The van der Waals surface area contributed by atoms with Crippen molar-refractivity contribution in [3.8, 4) is 11.1 Å². The third-order valence-electron chi connectivity index (χ3n) is 5.88. The predicted molar refractivity (Wildman–Crippen MR) is 110 cm³/mol. The van der Waals surface area contributed by atoms with Gasteiger partial charge in [0.1, 0.15) is 18.2 Å². The van der Waals surface area contributed by atoms with E-state index >= 15 is 0 Å². The molecule has 0 radical (unpaired) electrons. The zero-order valence-corrected chi connectivity index (χ0v) is 17.0. The molecule has 0 spiro atoms. The minimum atomic E-state index is -3.04. The van der Waals surface area contributed by atoms with E-state index in [9.17, 15) is 23.2 Å². The van der Waals surface area contributed by atoms with Gasteiger partial charge in [-0.1, -0.05) is 48.5 Å². The molecule has 2 aromatic rings. The van der Waals surface area contributed by atoms with Gasteiger partial charge >= 0.3 is 12.1 Å². The quantitative estimate of drug-likeness (QED) is 0.580. The molecule has 32 heavy (non-hydrogen) atoms. The fourth-order valence-electron chi connectivity index (χ4n) is 4.06. The molecule has 2 aromatic carbocycles. The average Bonchev–Trinajstić information content (AvgIpc) is 3.47. The summed E-state index contributed by atoms with van der Waals surface area (Å²) in [5.41, 5.74) is 2.87. The molecule has 7 nitrogen and oxygen atoms in total. The Balaban J connectivity index is 1.38. The van der Waals surface area contributed by atoms with Crippen molar-refractivity contribution in [1.29, 1.82) is 0 Å². The Morgan fingerprint density at radius 1 is 1.03 bits per heavy atom. The first kappa shape index (κ1) is 21.7. The molecule has 0 bridgehead atoms. The zero-order valence-electron chi connectivity index (χ0n) is 17.0. The van der Waals surface area contributed by atoms with Gasteiger partial charge in [-0.05, 0) is 35.1 Å². The average molecular weight is 444 g/mol. The van der Waals surface area contributed by atoms with E-state index in [1.165, 1.54) is 0 Å². The normalized spacial score (nSPS) is 16.6. The van der Waals surface area contributed by atoms with Crippen LogP contribution in [0.1, 0.15) is 36.3 Å². The summed E-state index contributed by atoms with van der Waals surface area (Å²) in [7, 11) is 0. The Morgan fingerprint density at radius 2 is 1.59 bits per heavy atom. The summed E-state index contributed by atoms with van der Waals surface area (Å²) in [6.07, 6.45) is -4.27. The Labute approximate surface area is 182 Å². The van der Waals surface area contributed by atoms with Crippen molar-refractivity contribution >= 4 is 18.0 Å². The molecule has 9 heteroatoms. The smallest absolute Gasteiger partial charge is 0.408 e. The number of alkyl halides is 2. The minimum Gasteiger partial charge on any atom is -0.481 e. The maximum Gasteiger partial charge on any atom is 0.408 e. The van der Waals surface area contributed by atoms with Crippen molar-refractivity contribution in [2.75, 3.05) is 6.61 Å². The number of nitrogens with one attached hydrogen (secondary N) is 2. The van der Waals surface area contributed by atoms with E-state index < -0.39 is 42.4 Å². The van der Waals surface area contributed by atoms with Crippen LogP contribution in [0.4, 0.5) is 13.6 Å². The number of aliphatic carboxylic acids is 1. The monoisotopic (exact) mass is 444 g/mol. The van der Waals surface area contributed by atoms with Gasteiger partial charge in [0.15, 0.2) is 0 Å². The second-order valence-corrected chi connectivity index (χ2v) is 8.04. The number of ether oxygens (including phenoxy) is 1. The van der Waals surface area contributed by atoms with Gasteiger partial charge in [0, 0.05) is 5.92 Å². The molecule has 1 unspecified atom stereocenters. The summed E-state index contributed by atoms with van der Waals surface area (Å²) in [6.45, 7) is 0.0518. The van der Waals surface area contributed by atoms with Gasteiger partial charge in [0.05, 0.1) is 6.42 Å². The number of hydrogen-bond donors (Lipinski definition) is 3. The molecule has 4 rings (SSSR count). The second kappa shape index (κ2) is 8.57. The number of carboxylic acids is 1. The van der Waals surface area contributed by atoms with Crippen LogP contribution in [0, 0.1) is 0 Å². The zero-order chi connectivity index (χ0) is 22.9. The van der Waals surface area contributed by atoms with Crippen LogP contribution in [0.5, 0.6) is 0 Å². The number of benzene rings is 2. The van der Waals surface area contributed by atoms with Gasteiger partial charge in [-0.15, -0.1) is 0 Å². The highest BCUT2D eigenvalue weighted by atomic mass is 19.3. The largest absolute Gasteiger partial charge is 0.481 e. The summed E-state index contributed by atoms with van der Waals surface area (Å²) in [4.78, 5) is 35.6. The van der Waals surface area contributed by atoms with Gasteiger partial charge in [-0.2, -0.15) is 0 Å². The third kappa shape index (κ3) is 4.28. The topological polar surface area (TPSA) is 105 Å². The molecule has 2 aliphatic carbocycles. The van der Waals surface area contributed by atoms with Crippen LogP contribution in [0.25, 0.3) is 11.1 Å². The van der Waals surface area contributed by atoms with Crippen molar-refractivity contribution in [3.05, 3.63) is 59.7 Å². The van der Waals surface area contributed by atoms with Gasteiger partial charge in [-0.25, -0.2) is 13.6 Å². The van der Waals surface area contributed by atoms with Crippen molar-refractivity contribution in [3.63, 3.8) is 0 Å². The highest BCUT2D eigenvalue weighted by Gasteiger charge is 2.52. The Kier molecular flexibility index (Phi) is 5.82. The number of carbonyl (C=O) groups is 3. The fraction of sp³-hybridized carbons (Fsp3) is 0.348. The van der Waals surface area contributed by atoms with E-state index in [1.54, 1.807) is 0 Å². The number of hydrogen-bond acceptors (Lipinski definition) is 4. The molecule has 2 aliphatic rings. The summed E-state index contributed by atoms with van der Waals surface area (Å²) < 4.78 is 31.5. The van der Waals surface area contributed by atoms with Crippen LogP contribution in [0.3, 0.4) is 0 Å². The standard InChI is InChI=1S/C23H22F2N2O5/c24-20(25)18(11-19(28)29)26-21(30)23(9-10-23)27-22(31)32-12-17-15-7-3-1-5-13(15)14-6-2-4-8-16(14)17/h1-8,17-18,20H,9-12H2,(H,26,30)(H,27,31)(H,28,29). The first-order valence-corrected chi connectivity index (χ1v) is 10.2. The molecule has 1 atom stereocenters.